The summed E-state index contributed by atoms with van der Waals surface area (Å²) in [6, 6.07) is 10.4. The van der Waals surface area contributed by atoms with Crippen LogP contribution in [0.2, 0.25) is 0 Å². The quantitative estimate of drug-likeness (QED) is 0.783. The smallest absolute Gasteiger partial charge is 0.220 e. The minimum absolute atomic E-state index is 0.170. The molecule has 0 spiro atoms. The van der Waals surface area contributed by atoms with Crippen molar-refractivity contribution in [1.29, 1.82) is 0 Å². The van der Waals surface area contributed by atoms with E-state index in [2.05, 4.69) is 36.5 Å². The van der Waals surface area contributed by atoms with Crippen LogP contribution in [0, 0.1) is 5.92 Å². The van der Waals surface area contributed by atoms with Crippen LogP contribution < -0.4 is 5.32 Å². The molecule has 0 aliphatic rings. The monoisotopic (exact) mass is 219 g/mol. The first-order valence-electron chi connectivity index (χ1n) is 6.03. The minimum atomic E-state index is 0.170. The Morgan fingerprint density at radius 2 is 2.00 bits per heavy atom. The predicted octanol–water partition coefficient (Wildman–Crippen LogP) is 2.78. The fourth-order valence-electron chi connectivity index (χ4n) is 1.75. The van der Waals surface area contributed by atoms with Crippen molar-refractivity contribution >= 4 is 5.91 Å². The van der Waals surface area contributed by atoms with E-state index in [1.54, 1.807) is 0 Å². The highest BCUT2D eigenvalue weighted by molar-refractivity contribution is 5.75. The van der Waals surface area contributed by atoms with Gasteiger partial charge in [-0.05, 0) is 31.2 Å². The number of carbonyl (C=O) groups excluding carboxylic acids is 1. The molecule has 0 fully saturated rings. The molecular weight excluding hydrogens is 198 g/mol. The van der Waals surface area contributed by atoms with Crippen molar-refractivity contribution < 1.29 is 4.79 Å². The Kier molecular flexibility index (Phi) is 5.62. The van der Waals surface area contributed by atoms with Gasteiger partial charge in [0.25, 0.3) is 0 Å². The Hall–Kier alpha value is -1.31. The zero-order valence-corrected chi connectivity index (χ0v) is 10.2. The molecule has 2 nitrogen and oxygen atoms in total. The van der Waals surface area contributed by atoms with Crippen LogP contribution in [0.15, 0.2) is 30.3 Å². The van der Waals surface area contributed by atoms with Gasteiger partial charge in [0, 0.05) is 13.0 Å². The number of benzene rings is 1. The molecule has 0 saturated heterocycles. The number of amides is 1. The summed E-state index contributed by atoms with van der Waals surface area (Å²) in [5, 5.41) is 2.84. The molecule has 88 valence electrons. The molecule has 1 unspecified atom stereocenters. The van der Waals surface area contributed by atoms with Crippen molar-refractivity contribution in [2.45, 2.75) is 33.1 Å². The van der Waals surface area contributed by atoms with E-state index in [0.29, 0.717) is 12.3 Å². The van der Waals surface area contributed by atoms with Crippen LogP contribution in [0.3, 0.4) is 0 Å². The van der Waals surface area contributed by atoms with Crippen LogP contribution in [0.5, 0.6) is 0 Å². The van der Waals surface area contributed by atoms with Crippen LogP contribution in [-0.4, -0.2) is 12.5 Å². The maximum atomic E-state index is 11.4. The molecule has 0 heterocycles. The molecule has 0 radical (unpaired) electrons. The standard InChI is InChI=1S/C14H21NO/c1-3-15-14(16)11-12(2)9-10-13-7-5-4-6-8-13/h4-8,12H,3,9-11H2,1-2H3,(H,15,16). The Morgan fingerprint density at radius 1 is 1.31 bits per heavy atom. The van der Waals surface area contributed by atoms with Gasteiger partial charge in [0.15, 0.2) is 0 Å². The maximum Gasteiger partial charge on any atom is 0.220 e. The van der Waals surface area contributed by atoms with Gasteiger partial charge in [-0.1, -0.05) is 37.3 Å². The van der Waals surface area contributed by atoms with Crippen molar-refractivity contribution in [3.63, 3.8) is 0 Å². The van der Waals surface area contributed by atoms with Crippen molar-refractivity contribution in [1.82, 2.24) is 5.32 Å². The normalized spacial score (nSPS) is 12.1. The summed E-state index contributed by atoms with van der Waals surface area (Å²) in [7, 11) is 0. The molecule has 2 heteroatoms. The SMILES string of the molecule is CCNC(=O)CC(C)CCc1ccccc1. The molecule has 1 atom stereocenters. The molecule has 1 rings (SSSR count). The molecule has 0 aliphatic carbocycles. The Balaban J connectivity index is 2.25. The van der Waals surface area contributed by atoms with E-state index in [9.17, 15) is 4.79 Å². The molecule has 0 bridgehead atoms. The third-order valence-electron chi connectivity index (χ3n) is 2.68. The first kappa shape index (κ1) is 12.8. The molecule has 1 amide bonds. The van der Waals surface area contributed by atoms with Crippen LogP contribution in [0.1, 0.15) is 32.3 Å². The Labute approximate surface area is 98.1 Å². The summed E-state index contributed by atoms with van der Waals surface area (Å²) in [6.45, 7) is 4.81. The van der Waals surface area contributed by atoms with E-state index in [0.717, 1.165) is 19.4 Å². The fourth-order valence-corrected chi connectivity index (χ4v) is 1.75. The molecule has 1 N–H and O–H groups in total. The second kappa shape index (κ2) is 7.04. The van der Waals surface area contributed by atoms with Crippen molar-refractivity contribution in [3.8, 4) is 0 Å². The summed E-state index contributed by atoms with van der Waals surface area (Å²) in [5.74, 6) is 0.620. The third kappa shape index (κ3) is 4.96. The first-order valence-corrected chi connectivity index (χ1v) is 6.03. The molecular formula is C14H21NO. The van der Waals surface area contributed by atoms with Crippen LogP contribution >= 0.6 is 0 Å². The van der Waals surface area contributed by atoms with Gasteiger partial charge in [-0.2, -0.15) is 0 Å². The summed E-state index contributed by atoms with van der Waals surface area (Å²) < 4.78 is 0. The van der Waals surface area contributed by atoms with E-state index in [4.69, 9.17) is 0 Å². The van der Waals surface area contributed by atoms with Crippen molar-refractivity contribution in [3.05, 3.63) is 35.9 Å². The van der Waals surface area contributed by atoms with Gasteiger partial charge in [-0.25, -0.2) is 0 Å². The van der Waals surface area contributed by atoms with E-state index < -0.39 is 0 Å². The first-order chi connectivity index (χ1) is 7.72. The fraction of sp³-hybridized carbons (Fsp3) is 0.500. The van der Waals surface area contributed by atoms with Crippen LogP contribution in [-0.2, 0) is 11.2 Å². The summed E-state index contributed by atoms with van der Waals surface area (Å²) in [4.78, 5) is 11.4. The lowest BCUT2D eigenvalue weighted by molar-refractivity contribution is -0.121. The minimum Gasteiger partial charge on any atom is -0.356 e. The Bertz CT molecular complexity index is 308. The zero-order chi connectivity index (χ0) is 11.8. The number of hydrogen-bond acceptors (Lipinski definition) is 1. The van der Waals surface area contributed by atoms with Gasteiger partial charge in [0.2, 0.25) is 5.91 Å². The Morgan fingerprint density at radius 3 is 2.62 bits per heavy atom. The molecule has 0 aliphatic heterocycles. The molecule has 1 aromatic rings. The van der Waals surface area contributed by atoms with Gasteiger partial charge >= 0.3 is 0 Å². The molecule has 0 aromatic heterocycles. The molecule has 16 heavy (non-hydrogen) atoms. The van der Waals surface area contributed by atoms with E-state index in [-0.39, 0.29) is 5.91 Å². The highest BCUT2D eigenvalue weighted by atomic mass is 16.1. The lowest BCUT2D eigenvalue weighted by atomic mass is 9.98. The zero-order valence-electron chi connectivity index (χ0n) is 10.2. The lowest BCUT2D eigenvalue weighted by Crippen LogP contribution is -2.24. The number of carbonyl (C=O) groups is 1. The summed E-state index contributed by atoms with van der Waals surface area (Å²) in [6.07, 6.45) is 2.77. The van der Waals surface area contributed by atoms with Gasteiger partial charge in [0.05, 0.1) is 0 Å². The maximum absolute atomic E-state index is 11.4. The van der Waals surface area contributed by atoms with E-state index >= 15 is 0 Å². The third-order valence-corrected chi connectivity index (χ3v) is 2.68. The van der Waals surface area contributed by atoms with Gasteiger partial charge in [-0.3, -0.25) is 4.79 Å². The second-order valence-electron chi connectivity index (χ2n) is 4.29. The topological polar surface area (TPSA) is 29.1 Å². The van der Waals surface area contributed by atoms with Gasteiger partial charge < -0.3 is 5.32 Å². The lowest BCUT2D eigenvalue weighted by Gasteiger charge is -2.10. The largest absolute Gasteiger partial charge is 0.356 e. The predicted molar refractivity (Wildman–Crippen MR) is 67.2 cm³/mol. The van der Waals surface area contributed by atoms with Gasteiger partial charge in [-0.15, -0.1) is 0 Å². The highest BCUT2D eigenvalue weighted by Crippen LogP contribution is 2.12. The van der Waals surface area contributed by atoms with Crippen molar-refractivity contribution in [2.75, 3.05) is 6.54 Å². The summed E-state index contributed by atoms with van der Waals surface area (Å²) >= 11 is 0. The second-order valence-corrected chi connectivity index (χ2v) is 4.29. The number of nitrogens with one attached hydrogen (secondary N) is 1. The van der Waals surface area contributed by atoms with Crippen LogP contribution in [0.4, 0.5) is 0 Å². The van der Waals surface area contributed by atoms with E-state index in [1.807, 2.05) is 13.0 Å². The highest BCUT2D eigenvalue weighted by Gasteiger charge is 2.08. The van der Waals surface area contributed by atoms with Crippen LogP contribution in [0.25, 0.3) is 0 Å². The number of hydrogen-bond donors (Lipinski definition) is 1. The average Bonchev–Trinajstić information content (AvgIpc) is 2.28. The summed E-state index contributed by atoms with van der Waals surface area (Å²) in [5.41, 5.74) is 1.35. The molecule has 0 saturated carbocycles. The average molecular weight is 219 g/mol. The molecule has 1 aromatic carbocycles. The number of rotatable bonds is 6. The van der Waals surface area contributed by atoms with Crippen molar-refractivity contribution in [2.24, 2.45) is 5.92 Å². The van der Waals surface area contributed by atoms with E-state index in [1.165, 1.54) is 5.56 Å². The van der Waals surface area contributed by atoms with Gasteiger partial charge in [0.1, 0.15) is 0 Å². The number of aryl methyl sites for hydroxylation is 1.